The van der Waals surface area contributed by atoms with Gasteiger partial charge < -0.3 is 10.6 Å². The molecule has 0 unspecified atom stereocenters. The van der Waals surface area contributed by atoms with Gasteiger partial charge in [0, 0.05) is 35.5 Å². The lowest BCUT2D eigenvalue weighted by Gasteiger charge is -2.08. The zero-order valence-electron chi connectivity index (χ0n) is 17.8. The van der Waals surface area contributed by atoms with Gasteiger partial charge in [-0.2, -0.15) is 5.10 Å². The quantitative estimate of drug-likeness (QED) is 0.434. The van der Waals surface area contributed by atoms with Crippen LogP contribution in [-0.4, -0.2) is 28.1 Å². The molecule has 3 aromatic carbocycles. The Kier molecular flexibility index (Phi) is 6.72. The molecule has 34 heavy (non-hydrogen) atoms. The zero-order chi connectivity index (χ0) is 24.1. The van der Waals surface area contributed by atoms with Crippen LogP contribution < -0.4 is 10.6 Å². The number of nitrogens with zero attached hydrogens (tertiary/aromatic N) is 2. The third kappa shape index (κ3) is 5.50. The number of carbonyl (C=O) groups excluding carboxylic acids is 2. The number of hydrogen-bond donors (Lipinski definition) is 2. The average molecular weight is 464 g/mol. The van der Waals surface area contributed by atoms with Crippen LogP contribution in [0.3, 0.4) is 0 Å². The number of hydrogen-bond acceptors (Lipinski definition) is 3. The number of benzene rings is 3. The van der Waals surface area contributed by atoms with Crippen molar-refractivity contribution in [2.45, 2.75) is 6.54 Å². The molecule has 2 amide bonds. The summed E-state index contributed by atoms with van der Waals surface area (Å²) < 4.78 is 41.6. The number of aromatic nitrogens is 2. The van der Waals surface area contributed by atoms with Crippen LogP contribution >= 0.6 is 0 Å². The van der Waals surface area contributed by atoms with Gasteiger partial charge in [-0.3, -0.25) is 9.59 Å². The average Bonchev–Trinajstić information content (AvgIpc) is 3.26. The summed E-state index contributed by atoms with van der Waals surface area (Å²) >= 11 is 0. The first kappa shape index (κ1) is 22.8. The summed E-state index contributed by atoms with van der Waals surface area (Å²) in [5.74, 6) is -3.45. The molecule has 0 radical (unpaired) electrons. The van der Waals surface area contributed by atoms with Crippen LogP contribution in [0.2, 0.25) is 0 Å². The Bertz CT molecular complexity index is 1300. The van der Waals surface area contributed by atoms with Crippen LogP contribution in [0.5, 0.6) is 0 Å². The first-order valence-corrected chi connectivity index (χ1v) is 10.3. The molecular formula is C25H19F3N4O2. The van der Waals surface area contributed by atoms with Crippen LogP contribution in [0, 0.1) is 17.5 Å². The van der Waals surface area contributed by atoms with Crippen molar-refractivity contribution < 1.29 is 22.8 Å². The molecule has 0 bridgehead atoms. The SMILES string of the molecule is O=C(CNC(=O)c1cc(F)cc(F)c1)NCc1cn(-c2ccccc2)nc1-c1ccc(F)cc1. The molecule has 0 spiro atoms. The van der Waals surface area contributed by atoms with E-state index < -0.39 is 30.0 Å². The zero-order valence-corrected chi connectivity index (χ0v) is 17.8. The summed E-state index contributed by atoms with van der Waals surface area (Å²) in [4.78, 5) is 24.4. The van der Waals surface area contributed by atoms with Crippen molar-refractivity contribution in [2.75, 3.05) is 6.54 Å². The van der Waals surface area contributed by atoms with E-state index >= 15 is 0 Å². The van der Waals surface area contributed by atoms with Crippen LogP contribution in [-0.2, 0) is 11.3 Å². The summed E-state index contributed by atoms with van der Waals surface area (Å²) in [7, 11) is 0. The monoisotopic (exact) mass is 464 g/mol. The molecule has 0 atom stereocenters. The van der Waals surface area contributed by atoms with Crippen molar-refractivity contribution in [3.63, 3.8) is 0 Å². The van der Waals surface area contributed by atoms with E-state index in [9.17, 15) is 22.8 Å². The van der Waals surface area contributed by atoms with Crippen molar-refractivity contribution in [2.24, 2.45) is 0 Å². The lowest BCUT2D eigenvalue weighted by molar-refractivity contribution is -0.120. The van der Waals surface area contributed by atoms with E-state index in [0.29, 0.717) is 22.9 Å². The summed E-state index contributed by atoms with van der Waals surface area (Å²) in [6.45, 7) is -0.307. The molecule has 0 aliphatic carbocycles. The highest BCUT2D eigenvalue weighted by Crippen LogP contribution is 2.24. The summed E-state index contributed by atoms with van der Waals surface area (Å²) in [6, 6.07) is 17.6. The predicted molar refractivity (Wildman–Crippen MR) is 119 cm³/mol. The van der Waals surface area contributed by atoms with Crippen LogP contribution in [0.1, 0.15) is 15.9 Å². The van der Waals surface area contributed by atoms with Gasteiger partial charge in [0.25, 0.3) is 5.91 Å². The Morgan fingerprint density at radius 3 is 2.18 bits per heavy atom. The van der Waals surface area contributed by atoms with Crippen molar-refractivity contribution in [1.29, 1.82) is 0 Å². The van der Waals surface area contributed by atoms with E-state index in [-0.39, 0.29) is 17.9 Å². The van der Waals surface area contributed by atoms with Gasteiger partial charge in [-0.15, -0.1) is 0 Å². The molecule has 0 aliphatic rings. The molecule has 9 heteroatoms. The molecular weight excluding hydrogens is 445 g/mol. The van der Waals surface area contributed by atoms with E-state index in [1.165, 1.54) is 12.1 Å². The largest absolute Gasteiger partial charge is 0.350 e. The van der Waals surface area contributed by atoms with Gasteiger partial charge in [-0.05, 0) is 48.5 Å². The summed E-state index contributed by atoms with van der Waals surface area (Å²) in [6.07, 6.45) is 1.75. The fraction of sp³-hybridized carbons (Fsp3) is 0.0800. The Hall–Kier alpha value is -4.40. The minimum absolute atomic E-state index is 0.0862. The molecule has 172 valence electrons. The Balaban J connectivity index is 1.46. The van der Waals surface area contributed by atoms with Crippen LogP contribution in [0.25, 0.3) is 16.9 Å². The maximum absolute atomic E-state index is 13.4. The molecule has 4 rings (SSSR count). The van der Waals surface area contributed by atoms with Crippen LogP contribution in [0.4, 0.5) is 13.2 Å². The maximum Gasteiger partial charge on any atom is 0.251 e. The third-order valence-electron chi connectivity index (χ3n) is 4.94. The minimum atomic E-state index is -0.890. The van der Waals surface area contributed by atoms with Gasteiger partial charge in [-0.25, -0.2) is 17.9 Å². The lowest BCUT2D eigenvalue weighted by Crippen LogP contribution is -2.36. The molecule has 0 saturated heterocycles. The fourth-order valence-corrected chi connectivity index (χ4v) is 3.31. The topological polar surface area (TPSA) is 76.0 Å². The third-order valence-corrected chi connectivity index (χ3v) is 4.94. The van der Waals surface area contributed by atoms with Gasteiger partial charge in [0.2, 0.25) is 5.91 Å². The number of carbonyl (C=O) groups is 2. The number of nitrogens with one attached hydrogen (secondary N) is 2. The smallest absolute Gasteiger partial charge is 0.251 e. The van der Waals surface area contributed by atoms with E-state index in [0.717, 1.165) is 17.8 Å². The molecule has 1 heterocycles. The highest BCUT2D eigenvalue weighted by Gasteiger charge is 2.15. The number of rotatable bonds is 7. The van der Waals surface area contributed by atoms with Gasteiger partial charge in [0.05, 0.1) is 17.9 Å². The van der Waals surface area contributed by atoms with E-state index in [4.69, 9.17) is 0 Å². The van der Waals surface area contributed by atoms with E-state index in [1.54, 1.807) is 23.0 Å². The number of amides is 2. The normalized spacial score (nSPS) is 10.7. The maximum atomic E-state index is 13.4. The lowest BCUT2D eigenvalue weighted by atomic mass is 10.1. The Labute approximate surface area is 193 Å². The van der Waals surface area contributed by atoms with Crippen molar-refractivity contribution in [3.05, 3.63) is 108 Å². The highest BCUT2D eigenvalue weighted by molar-refractivity contribution is 5.96. The van der Waals surface area contributed by atoms with E-state index in [2.05, 4.69) is 15.7 Å². The molecule has 6 nitrogen and oxygen atoms in total. The van der Waals surface area contributed by atoms with Gasteiger partial charge in [0.1, 0.15) is 17.5 Å². The second-order valence-corrected chi connectivity index (χ2v) is 7.41. The minimum Gasteiger partial charge on any atom is -0.350 e. The molecule has 1 aromatic heterocycles. The number of para-hydroxylation sites is 1. The molecule has 0 aliphatic heterocycles. The summed E-state index contributed by atoms with van der Waals surface area (Å²) in [5, 5.41) is 9.60. The van der Waals surface area contributed by atoms with Gasteiger partial charge in [-0.1, -0.05) is 18.2 Å². The Morgan fingerprint density at radius 1 is 0.824 bits per heavy atom. The molecule has 0 fully saturated rings. The van der Waals surface area contributed by atoms with Crippen molar-refractivity contribution in [1.82, 2.24) is 20.4 Å². The second kappa shape index (κ2) is 10.0. The van der Waals surface area contributed by atoms with Crippen molar-refractivity contribution in [3.8, 4) is 16.9 Å². The first-order valence-electron chi connectivity index (χ1n) is 10.3. The van der Waals surface area contributed by atoms with E-state index in [1.807, 2.05) is 30.3 Å². The van der Waals surface area contributed by atoms with Gasteiger partial charge >= 0.3 is 0 Å². The summed E-state index contributed by atoms with van der Waals surface area (Å²) in [5.41, 5.74) is 2.47. The fourth-order valence-electron chi connectivity index (χ4n) is 3.31. The Morgan fingerprint density at radius 2 is 1.50 bits per heavy atom. The predicted octanol–water partition coefficient (Wildman–Crippen LogP) is 4.00. The molecule has 4 aromatic rings. The molecule has 0 saturated carbocycles. The highest BCUT2D eigenvalue weighted by atomic mass is 19.1. The molecule has 2 N–H and O–H groups in total. The standard InChI is InChI=1S/C25H19F3N4O2/c26-19-8-6-16(7-9-19)24-18(15-32(31-24)22-4-2-1-3-5-22)13-29-23(33)14-30-25(34)17-10-20(27)12-21(28)11-17/h1-12,15H,13-14H2,(H,29,33)(H,30,34). The van der Waals surface area contributed by atoms with Gasteiger partial charge in [0.15, 0.2) is 0 Å². The number of halogens is 3. The van der Waals surface area contributed by atoms with Crippen LogP contribution in [0.15, 0.2) is 79.0 Å². The van der Waals surface area contributed by atoms with Crippen molar-refractivity contribution >= 4 is 11.8 Å². The second-order valence-electron chi connectivity index (χ2n) is 7.41. The first-order chi connectivity index (χ1) is 16.4.